The van der Waals surface area contributed by atoms with Crippen LogP contribution in [0.3, 0.4) is 0 Å². The molecule has 1 heterocycles. The number of rotatable bonds is 7. The third-order valence-electron chi connectivity index (χ3n) is 6.26. The lowest BCUT2D eigenvalue weighted by Crippen LogP contribution is -2.42. The van der Waals surface area contributed by atoms with Crippen LogP contribution >= 0.6 is 0 Å². The summed E-state index contributed by atoms with van der Waals surface area (Å²) >= 11 is 0. The molecule has 1 amide bonds. The zero-order valence-corrected chi connectivity index (χ0v) is 16.0. The number of carbonyl (C=O) groups excluding carboxylic acids is 1. The number of amides is 1. The van der Waals surface area contributed by atoms with E-state index in [9.17, 15) is 4.79 Å². The Morgan fingerprint density at radius 3 is 2.42 bits per heavy atom. The fraction of sp³-hybridized carbons (Fsp3) is 0.682. The fourth-order valence-electron chi connectivity index (χ4n) is 4.38. The van der Waals surface area contributed by atoms with Crippen molar-refractivity contribution in [3.63, 3.8) is 0 Å². The van der Waals surface area contributed by atoms with Crippen molar-refractivity contribution >= 4 is 5.91 Å². The highest BCUT2D eigenvalue weighted by Gasteiger charge is 2.24. The lowest BCUT2D eigenvalue weighted by atomic mass is 9.86. The molecule has 3 rings (SSSR count). The Kier molecular flexibility index (Phi) is 7.51. The van der Waals surface area contributed by atoms with Crippen LogP contribution in [0.4, 0.5) is 0 Å². The SMILES string of the molecule is NC1CCC(C(=O)NCCN2CCC(CCc3ccccc3)CC2)CC1. The normalized spacial score (nSPS) is 25.1. The van der Waals surface area contributed by atoms with Gasteiger partial charge in [-0.2, -0.15) is 0 Å². The highest BCUT2D eigenvalue weighted by molar-refractivity contribution is 5.78. The first-order valence-electron chi connectivity index (χ1n) is 10.5. The van der Waals surface area contributed by atoms with Crippen molar-refractivity contribution in [2.75, 3.05) is 26.2 Å². The highest BCUT2D eigenvalue weighted by atomic mass is 16.1. The third kappa shape index (κ3) is 6.10. The van der Waals surface area contributed by atoms with E-state index in [1.165, 1.54) is 44.3 Å². The first-order valence-corrected chi connectivity index (χ1v) is 10.5. The summed E-state index contributed by atoms with van der Waals surface area (Å²) < 4.78 is 0. The monoisotopic (exact) mass is 357 g/mol. The average molecular weight is 358 g/mol. The number of likely N-dealkylation sites (tertiary alicyclic amines) is 1. The maximum Gasteiger partial charge on any atom is 0.223 e. The molecule has 0 unspecified atom stereocenters. The minimum atomic E-state index is 0.193. The topological polar surface area (TPSA) is 58.4 Å². The largest absolute Gasteiger partial charge is 0.355 e. The van der Waals surface area contributed by atoms with Gasteiger partial charge in [0, 0.05) is 25.0 Å². The summed E-state index contributed by atoms with van der Waals surface area (Å²) in [5, 5.41) is 3.15. The van der Waals surface area contributed by atoms with Crippen molar-refractivity contribution in [1.82, 2.24) is 10.2 Å². The van der Waals surface area contributed by atoms with E-state index in [1.807, 2.05) is 0 Å². The molecule has 2 aliphatic rings. The maximum absolute atomic E-state index is 12.2. The first kappa shape index (κ1) is 19.4. The number of nitrogens with two attached hydrogens (primary N) is 1. The van der Waals surface area contributed by atoms with Crippen LogP contribution in [0.1, 0.15) is 50.5 Å². The zero-order chi connectivity index (χ0) is 18.2. The Balaban J connectivity index is 1.26. The van der Waals surface area contributed by atoms with Gasteiger partial charge in [-0.05, 0) is 75.9 Å². The second kappa shape index (κ2) is 10.1. The van der Waals surface area contributed by atoms with Crippen LogP contribution in [0, 0.1) is 11.8 Å². The van der Waals surface area contributed by atoms with E-state index in [0.29, 0.717) is 6.04 Å². The minimum absolute atomic E-state index is 0.193. The molecule has 4 heteroatoms. The number of nitrogens with zero attached hydrogens (tertiary/aromatic N) is 1. The van der Waals surface area contributed by atoms with Gasteiger partial charge in [-0.25, -0.2) is 0 Å². The number of hydrogen-bond donors (Lipinski definition) is 2. The van der Waals surface area contributed by atoms with Gasteiger partial charge in [-0.1, -0.05) is 30.3 Å². The molecule has 1 saturated carbocycles. The van der Waals surface area contributed by atoms with Gasteiger partial charge < -0.3 is 16.0 Å². The third-order valence-corrected chi connectivity index (χ3v) is 6.26. The molecule has 0 aromatic heterocycles. The Bertz CT molecular complexity index is 532. The molecule has 1 aromatic rings. The van der Waals surface area contributed by atoms with E-state index in [1.54, 1.807) is 0 Å². The maximum atomic E-state index is 12.2. The van der Waals surface area contributed by atoms with Crippen LogP contribution in [0.25, 0.3) is 0 Å². The summed E-state index contributed by atoms with van der Waals surface area (Å²) in [6.45, 7) is 4.13. The number of benzene rings is 1. The molecule has 3 N–H and O–H groups in total. The van der Waals surface area contributed by atoms with Gasteiger partial charge in [0.2, 0.25) is 5.91 Å². The number of carbonyl (C=O) groups is 1. The van der Waals surface area contributed by atoms with E-state index >= 15 is 0 Å². The summed E-state index contributed by atoms with van der Waals surface area (Å²) in [5.41, 5.74) is 7.38. The molecule has 0 spiro atoms. The van der Waals surface area contributed by atoms with E-state index < -0.39 is 0 Å². The van der Waals surface area contributed by atoms with Gasteiger partial charge >= 0.3 is 0 Å². The van der Waals surface area contributed by atoms with Crippen molar-refractivity contribution in [1.29, 1.82) is 0 Å². The van der Waals surface area contributed by atoms with Crippen LogP contribution in [0.2, 0.25) is 0 Å². The number of nitrogens with one attached hydrogen (secondary N) is 1. The molecule has 1 aromatic carbocycles. The first-order chi connectivity index (χ1) is 12.7. The smallest absolute Gasteiger partial charge is 0.223 e. The van der Waals surface area contributed by atoms with Gasteiger partial charge in [0.15, 0.2) is 0 Å². The molecule has 26 heavy (non-hydrogen) atoms. The zero-order valence-electron chi connectivity index (χ0n) is 16.0. The van der Waals surface area contributed by atoms with Crippen LogP contribution in [-0.4, -0.2) is 43.0 Å². The summed E-state index contributed by atoms with van der Waals surface area (Å²) in [6.07, 6.45) is 9.00. The van der Waals surface area contributed by atoms with E-state index in [-0.39, 0.29) is 11.8 Å². The Morgan fingerprint density at radius 2 is 1.73 bits per heavy atom. The summed E-state index contributed by atoms with van der Waals surface area (Å²) in [4.78, 5) is 14.8. The number of piperidine rings is 1. The molecule has 4 nitrogen and oxygen atoms in total. The Hall–Kier alpha value is -1.39. The number of aryl methyl sites for hydroxylation is 1. The second-order valence-corrected chi connectivity index (χ2v) is 8.21. The Morgan fingerprint density at radius 1 is 1.04 bits per heavy atom. The van der Waals surface area contributed by atoms with Crippen molar-refractivity contribution < 1.29 is 4.79 Å². The van der Waals surface area contributed by atoms with Gasteiger partial charge in [-0.15, -0.1) is 0 Å². The Labute approximate surface area is 158 Å². The molecular formula is C22H35N3O. The number of hydrogen-bond acceptors (Lipinski definition) is 3. The molecule has 0 radical (unpaired) electrons. The molecule has 2 fully saturated rings. The summed E-state index contributed by atoms with van der Waals surface area (Å²) in [6, 6.07) is 11.1. The predicted molar refractivity (Wildman–Crippen MR) is 107 cm³/mol. The van der Waals surface area contributed by atoms with Crippen LogP contribution < -0.4 is 11.1 Å². The summed E-state index contributed by atoms with van der Waals surface area (Å²) in [5.74, 6) is 1.29. The lowest BCUT2D eigenvalue weighted by molar-refractivity contribution is -0.126. The van der Waals surface area contributed by atoms with Gasteiger partial charge in [0.25, 0.3) is 0 Å². The molecule has 144 valence electrons. The average Bonchev–Trinajstić information content (AvgIpc) is 2.68. The molecule has 1 aliphatic carbocycles. The van der Waals surface area contributed by atoms with Crippen LogP contribution in [0.5, 0.6) is 0 Å². The minimum Gasteiger partial charge on any atom is -0.355 e. The standard InChI is InChI=1S/C22H35N3O/c23-21-10-8-20(9-11-21)22(26)24-14-17-25-15-12-19(13-16-25)7-6-18-4-2-1-3-5-18/h1-5,19-21H,6-17,23H2,(H,24,26). The van der Waals surface area contributed by atoms with Gasteiger partial charge in [0.05, 0.1) is 0 Å². The van der Waals surface area contributed by atoms with Crippen LogP contribution in [-0.2, 0) is 11.2 Å². The van der Waals surface area contributed by atoms with E-state index in [4.69, 9.17) is 5.73 Å². The molecule has 0 atom stereocenters. The molecule has 0 bridgehead atoms. The second-order valence-electron chi connectivity index (χ2n) is 8.21. The lowest BCUT2D eigenvalue weighted by Gasteiger charge is -2.32. The molecular weight excluding hydrogens is 322 g/mol. The van der Waals surface area contributed by atoms with Gasteiger partial charge in [0.1, 0.15) is 0 Å². The fourth-order valence-corrected chi connectivity index (χ4v) is 4.38. The van der Waals surface area contributed by atoms with E-state index in [2.05, 4.69) is 40.5 Å². The predicted octanol–water partition coefficient (Wildman–Crippen LogP) is 2.96. The van der Waals surface area contributed by atoms with Crippen molar-refractivity contribution in [3.8, 4) is 0 Å². The molecule has 1 aliphatic heterocycles. The van der Waals surface area contributed by atoms with Gasteiger partial charge in [-0.3, -0.25) is 4.79 Å². The van der Waals surface area contributed by atoms with Crippen molar-refractivity contribution in [2.24, 2.45) is 17.6 Å². The van der Waals surface area contributed by atoms with Crippen molar-refractivity contribution in [3.05, 3.63) is 35.9 Å². The van der Waals surface area contributed by atoms with E-state index in [0.717, 1.165) is 44.7 Å². The summed E-state index contributed by atoms with van der Waals surface area (Å²) in [7, 11) is 0. The quantitative estimate of drug-likeness (QED) is 0.789. The highest BCUT2D eigenvalue weighted by Crippen LogP contribution is 2.24. The van der Waals surface area contributed by atoms with Crippen molar-refractivity contribution in [2.45, 2.75) is 57.4 Å². The van der Waals surface area contributed by atoms with Crippen LogP contribution in [0.15, 0.2) is 30.3 Å². The molecule has 1 saturated heterocycles.